The molecular formula is C5H10BrO. The van der Waals surface area contributed by atoms with Crippen LogP contribution in [0, 0.1) is 12.3 Å². The van der Waals surface area contributed by atoms with E-state index in [-0.39, 0.29) is 12.0 Å². The van der Waals surface area contributed by atoms with Gasteiger partial charge in [-0.15, -0.1) is 0 Å². The van der Waals surface area contributed by atoms with Crippen molar-refractivity contribution in [2.24, 2.45) is 5.41 Å². The highest BCUT2D eigenvalue weighted by atomic mass is 79.9. The fraction of sp³-hybridized carbons (Fsp3) is 0.800. The van der Waals surface area contributed by atoms with Crippen LogP contribution in [0.3, 0.4) is 0 Å². The summed E-state index contributed by atoms with van der Waals surface area (Å²) in [5.41, 5.74) is -0.194. The SMILES string of the molecule is [CH2]C(C)(CO)CBr. The van der Waals surface area contributed by atoms with Gasteiger partial charge in [-0.05, 0) is 6.92 Å². The van der Waals surface area contributed by atoms with Gasteiger partial charge in [-0.25, -0.2) is 0 Å². The Morgan fingerprint density at radius 3 is 2.29 bits per heavy atom. The van der Waals surface area contributed by atoms with Gasteiger partial charge in [0, 0.05) is 17.4 Å². The van der Waals surface area contributed by atoms with Crippen molar-refractivity contribution >= 4 is 15.9 Å². The van der Waals surface area contributed by atoms with E-state index in [9.17, 15) is 0 Å². The monoisotopic (exact) mass is 165 g/mol. The maximum absolute atomic E-state index is 8.50. The molecule has 0 fully saturated rings. The van der Waals surface area contributed by atoms with Crippen LogP contribution in [-0.4, -0.2) is 17.0 Å². The van der Waals surface area contributed by atoms with Crippen molar-refractivity contribution in [3.8, 4) is 0 Å². The Morgan fingerprint density at radius 1 is 1.86 bits per heavy atom. The van der Waals surface area contributed by atoms with Crippen LogP contribution in [0.15, 0.2) is 0 Å². The van der Waals surface area contributed by atoms with E-state index in [2.05, 4.69) is 22.9 Å². The first-order chi connectivity index (χ1) is 3.12. The van der Waals surface area contributed by atoms with E-state index in [1.165, 1.54) is 0 Å². The minimum Gasteiger partial charge on any atom is -0.396 e. The van der Waals surface area contributed by atoms with Gasteiger partial charge in [-0.3, -0.25) is 0 Å². The molecular weight excluding hydrogens is 156 g/mol. The fourth-order valence-corrected chi connectivity index (χ4v) is 0.220. The molecule has 0 aromatic rings. The van der Waals surface area contributed by atoms with Crippen molar-refractivity contribution < 1.29 is 5.11 Å². The molecule has 1 radical (unpaired) electrons. The first-order valence-electron chi connectivity index (χ1n) is 2.14. The van der Waals surface area contributed by atoms with Crippen molar-refractivity contribution in [1.29, 1.82) is 0 Å². The van der Waals surface area contributed by atoms with Gasteiger partial charge in [-0.2, -0.15) is 0 Å². The molecule has 0 bridgehead atoms. The molecule has 0 spiro atoms. The highest BCUT2D eigenvalue weighted by molar-refractivity contribution is 9.09. The number of halogens is 1. The van der Waals surface area contributed by atoms with Gasteiger partial charge in [0.1, 0.15) is 0 Å². The Kier molecular flexibility index (Phi) is 2.84. The molecule has 43 valence electrons. The van der Waals surface area contributed by atoms with E-state index in [1.807, 2.05) is 6.92 Å². The number of aliphatic hydroxyl groups excluding tert-OH is 1. The molecule has 7 heavy (non-hydrogen) atoms. The van der Waals surface area contributed by atoms with Crippen LogP contribution in [-0.2, 0) is 0 Å². The van der Waals surface area contributed by atoms with Crippen molar-refractivity contribution in [3.63, 3.8) is 0 Å². The number of hydrogen-bond acceptors (Lipinski definition) is 1. The van der Waals surface area contributed by atoms with Crippen LogP contribution in [0.1, 0.15) is 6.92 Å². The van der Waals surface area contributed by atoms with Crippen molar-refractivity contribution in [2.75, 3.05) is 11.9 Å². The van der Waals surface area contributed by atoms with Crippen LogP contribution in [0.2, 0.25) is 0 Å². The van der Waals surface area contributed by atoms with Crippen molar-refractivity contribution in [1.82, 2.24) is 0 Å². The minimum atomic E-state index is -0.194. The van der Waals surface area contributed by atoms with Crippen LogP contribution in [0.25, 0.3) is 0 Å². The molecule has 1 atom stereocenters. The summed E-state index contributed by atoms with van der Waals surface area (Å²) in [7, 11) is 0. The molecule has 0 aliphatic carbocycles. The van der Waals surface area contributed by atoms with E-state index in [4.69, 9.17) is 5.11 Å². The largest absolute Gasteiger partial charge is 0.396 e. The van der Waals surface area contributed by atoms with Crippen molar-refractivity contribution in [2.45, 2.75) is 6.92 Å². The zero-order chi connectivity index (χ0) is 5.91. The number of rotatable bonds is 2. The quantitative estimate of drug-likeness (QED) is 0.611. The molecule has 1 N–H and O–H groups in total. The minimum absolute atomic E-state index is 0.137. The van der Waals surface area contributed by atoms with Crippen LogP contribution in [0.5, 0.6) is 0 Å². The predicted octanol–water partition coefficient (Wildman–Crippen LogP) is 1.21. The number of alkyl halides is 1. The summed E-state index contributed by atoms with van der Waals surface area (Å²) in [6.07, 6.45) is 0. The molecule has 2 heteroatoms. The first-order valence-corrected chi connectivity index (χ1v) is 3.27. The first kappa shape index (κ1) is 7.44. The molecule has 0 aromatic heterocycles. The average Bonchev–Trinajstić information content (AvgIpc) is 1.68. The second-order valence-electron chi connectivity index (χ2n) is 2.10. The fourth-order valence-electron chi connectivity index (χ4n) is 0.0423. The van der Waals surface area contributed by atoms with Crippen LogP contribution < -0.4 is 0 Å². The zero-order valence-corrected chi connectivity index (χ0v) is 6.03. The average molecular weight is 166 g/mol. The molecule has 0 saturated carbocycles. The molecule has 1 nitrogen and oxygen atoms in total. The van der Waals surface area contributed by atoms with E-state index in [1.54, 1.807) is 0 Å². The van der Waals surface area contributed by atoms with Crippen LogP contribution >= 0.6 is 15.9 Å². The third-order valence-corrected chi connectivity index (χ3v) is 2.06. The van der Waals surface area contributed by atoms with E-state index >= 15 is 0 Å². The molecule has 1 unspecified atom stereocenters. The molecule has 0 rings (SSSR count). The lowest BCUT2D eigenvalue weighted by molar-refractivity contribution is 0.202. The van der Waals surface area contributed by atoms with Gasteiger partial charge in [0.25, 0.3) is 0 Å². The summed E-state index contributed by atoms with van der Waals surface area (Å²) in [5.74, 6) is 0. The summed E-state index contributed by atoms with van der Waals surface area (Å²) >= 11 is 3.21. The second-order valence-corrected chi connectivity index (χ2v) is 2.66. The normalized spacial score (nSPS) is 12.0. The lowest BCUT2D eigenvalue weighted by Gasteiger charge is -2.15. The van der Waals surface area contributed by atoms with E-state index < -0.39 is 0 Å². The summed E-state index contributed by atoms with van der Waals surface area (Å²) in [6.45, 7) is 5.74. The van der Waals surface area contributed by atoms with Gasteiger partial charge in [0.15, 0.2) is 0 Å². The van der Waals surface area contributed by atoms with Crippen LogP contribution in [0.4, 0.5) is 0 Å². The third kappa shape index (κ3) is 3.06. The maximum atomic E-state index is 8.50. The number of hydrogen-bond donors (Lipinski definition) is 1. The predicted molar refractivity (Wildman–Crippen MR) is 34.3 cm³/mol. The van der Waals surface area contributed by atoms with Crippen molar-refractivity contribution in [3.05, 3.63) is 6.92 Å². The van der Waals surface area contributed by atoms with Gasteiger partial charge in [-0.1, -0.05) is 22.9 Å². The smallest absolute Gasteiger partial charge is 0.0492 e. The van der Waals surface area contributed by atoms with Gasteiger partial charge >= 0.3 is 0 Å². The molecule has 0 aliphatic rings. The Morgan fingerprint density at radius 2 is 2.29 bits per heavy atom. The van der Waals surface area contributed by atoms with Gasteiger partial charge in [0.05, 0.1) is 0 Å². The number of aliphatic hydroxyl groups is 1. The van der Waals surface area contributed by atoms with Gasteiger partial charge in [0.2, 0.25) is 0 Å². The Bertz CT molecular complexity index is 46.0. The molecule has 0 heterocycles. The van der Waals surface area contributed by atoms with E-state index in [0.717, 1.165) is 5.33 Å². The Hall–Kier alpha value is 0.440. The lowest BCUT2D eigenvalue weighted by Crippen LogP contribution is -2.17. The van der Waals surface area contributed by atoms with Gasteiger partial charge < -0.3 is 5.11 Å². The highest BCUT2D eigenvalue weighted by Crippen LogP contribution is 2.14. The molecule has 0 aliphatic heterocycles. The zero-order valence-electron chi connectivity index (χ0n) is 4.45. The standard InChI is InChI=1S/C5H10BrO/c1-5(2,3-6)4-7/h7H,1,3-4H2,2H3. The summed E-state index contributed by atoms with van der Waals surface area (Å²) in [5, 5.41) is 9.25. The Labute approximate surface area is 52.9 Å². The molecule has 0 aromatic carbocycles. The summed E-state index contributed by atoms with van der Waals surface area (Å²) in [4.78, 5) is 0. The third-order valence-electron chi connectivity index (χ3n) is 0.704. The molecule has 0 saturated heterocycles. The molecule has 0 amide bonds. The highest BCUT2D eigenvalue weighted by Gasteiger charge is 2.12. The Balaban J connectivity index is 3.36. The topological polar surface area (TPSA) is 20.2 Å². The lowest BCUT2D eigenvalue weighted by atomic mass is 9.99. The summed E-state index contributed by atoms with van der Waals surface area (Å²) < 4.78 is 0. The second kappa shape index (κ2) is 2.68. The van der Waals surface area contributed by atoms with E-state index in [0.29, 0.717) is 0 Å². The maximum Gasteiger partial charge on any atom is 0.0492 e. The summed E-state index contributed by atoms with van der Waals surface area (Å²) in [6, 6.07) is 0.